The lowest BCUT2D eigenvalue weighted by atomic mass is 10.3. The van der Waals surface area contributed by atoms with Crippen molar-refractivity contribution in [3.8, 4) is 5.75 Å². The van der Waals surface area contributed by atoms with Crippen LogP contribution in [0.2, 0.25) is 0 Å². The number of rotatable bonds is 4. The quantitative estimate of drug-likeness (QED) is 0.608. The van der Waals surface area contributed by atoms with Gasteiger partial charge in [0.05, 0.1) is 12.8 Å². The van der Waals surface area contributed by atoms with Crippen LogP contribution in [0.5, 0.6) is 5.75 Å². The first-order valence-corrected chi connectivity index (χ1v) is 5.08. The summed E-state index contributed by atoms with van der Waals surface area (Å²) in [5.74, 6) is 0.372. The Hall–Kier alpha value is -1.78. The molecule has 88 valence electrons. The Balaban J connectivity index is 2.79. The molecule has 16 heavy (non-hydrogen) atoms. The Labute approximate surface area is 94.3 Å². The third-order valence-electron chi connectivity index (χ3n) is 1.94. The molecule has 0 aromatic heterocycles. The Kier molecular flexibility index (Phi) is 4.57. The van der Waals surface area contributed by atoms with E-state index >= 15 is 0 Å². The van der Waals surface area contributed by atoms with Crippen molar-refractivity contribution in [2.24, 2.45) is 10.7 Å². The highest BCUT2D eigenvalue weighted by atomic mass is 19.1. The normalized spacial score (nSPS) is 11.3. The number of nitrogens with zero attached hydrogens (tertiary/aromatic N) is 1. The number of halogens is 1. The highest BCUT2D eigenvalue weighted by Crippen LogP contribution is 2.20. The van der Waals surface area contributed by atoms with Crippen LogP contribution in [0, 0.1) is 5.82 Å². The summed E-state index contributed by atoms with van der Waals surface area (Å²) in [6, 6.07) is 4.39. The zero-order chi connectivity index (χ0) is 12.0. The number of anilines is 1. The molecule has 0 saturated carbocycles. The van der Waals surface area contributed by atoms with Crippen molar-refractivity contribution in [3.63, 3.8) is 0 Å². The van der Waals surface area contributed by atoms with E-state index in [0.29, 0.717) is 12.3 Å². The minimum Gasteiger partial charge on any atom is -0.497 e. The smallest absolute Gasteiger partial charge is 0.193 e. The second-order valence-electron chi connectivity index (χ2n) is 3.24. The van der Waals surface area contributed by atoms with Crippen molar-refractivity contribution in [1.82, 2.24) is 0 Å². The minimum atomic E-state index is -0.393. The third-order valence-corrected chi connectivity index (χ3v) is 1.94. The molecule has 0 spiro atoms. The summed E-state index contributed by atoms with van der Waals surface area (Å²) >= 11 is 0. The average Bonchev–Trinajstić information content (AvgIpc) is 2.29. The van der Waals surface area contributed by atoms with Crippen LogP contribution in [-0.2, 0) is 0 Å². The van der Waals surface area contributed by atoms with Crippen molar-refractivity contribution in [2.45, 2.75) is 13.3 Å². The number of benzene rings is 1. The zero-order valence-corrected chi connectivity index (χ0v) is 9.46. The molecule has 0 aliphatic rings. The molecule has 0 bridgehead atoms. The number of guanidine groups is 1. The van der Waals surface area contributed by atoms with E-state index in [0.717, 1.165) is 6.42 Å². The molecular weight excluding hydrogens is 209 g/mol. The zero-order valence-electron chi connectivity index (χ0n) is 9.46. The minimum absolute atomic E-state index is 0.203. The number of nitrogens with two attached hydrogens (primary N) is 1. The molecule has 0 unspecified atom stereocenters. The van der Waals surface area contributed by atoms with Crippen LogP contribution in [0.25, 0.3) is 0 Å². The van der Waals surface area contributed by atoms with Crippen molar-refractivity contribution in [2.75, 3.05) is 19.0 Å². The lowest BCUT2D eigenvalue weighted by Crippen LogP contribution is -2.23. The topological polar surface area (TPSA) is 59.6 Å². The average molecular weight is 225 g/mol. The Morgan fingerprint density at radius 1 is 1.56 bits per heavy atom. The molecule has 0 atom stereocenters. The number of nitrogens with one attached hydrogen (secondary N) is 1. The standard InChI is InChI=1S/C11H16FN3O/c1-3-6-14-11(13)15-10-7-8(16-2)4-5-9(10)12/h4-5,7H,3,6H2,1-2H3,(H3,13,14,15). The van der Waals surface area contributed by atoms with Crippen molar-refractivity contribution >= 4 is 11.6 Å². The van der Waals surface area contributed by atoms with Gasteiger partial charge in [-0.15, -0.1) is 0 Å². The number of ether oxygens (including phenoxy) is 1. The van der Waals surface area contributed by atoms with Gasteiger partial charge in [0, 0.05) is 12.6 Å². The number of hydrogen-bond donors (Lipinski definition) is 2. The van der Waals surface area contributed by atoms with Crippen LogP contribution >= 0.6 is 0 Å². The Morgan fingerprint density at radius 3 is 2.94 bits per heavy atom. The maximum atomic E-state index is 13.4. The van der Waals surface area contributed by atoms with Gasteiger partial charge in [0.2, 0.25) is 0 Å². The van der Waals surface area contributed by atoms with Crippen LogP contribution in [0.1, 0.15) is 13.3 Å². The van der Waals surface area contributed by atoms with Crippen molar-refractivity contribution in [3.05, 3.63) is 24.0 Å². The molecule has 0 radical (unpaired) electrons. The monoisotopic (exact) mass is 225 g/mol. The predicted molar refractivity (Wildman–Crippen MR) is 63.4 cm³/mol. The van der Waals surface area contributed by atoms with Crippen LogP contribution in [0.15, 0.2) is 23.2 Å². The lowest BCUT2D eigenvalue weighted by molar-refractivity contribution is 0.414. The van der Waals surface area contributed by atoms with Gasteiger partial charge in [-0.05, 0) is 18.6 Å². The van der Waals surface area contributed by atoms with Crippen molar-refractivity contribution in [1.29, 1.82) is 0 Å². The van der Waals surface area contributed by atoms with Crippen LogP contribution in [0.3, 0.4) is 0 Å². The van der Waals surface area contributed by atoms with Gasteiger partial charge in [0.1, 0.15) is 11.6 Å². The van der Waals surface area contributed by atoms with E-state index in [2.05, 4.69) is 10.3 Å². The Bertz CT molecular complexity index is 379. The van der Waals surface area contributed by atoms with E-state index in [9.17, 15) is 4.39 Å². The third kappa shape index (κ3) is 3.42. The summed E-state index contributed by atoms with van der Waals surface area (Å²) in [4.78, 5) is 4.01. The lowest BCUT2D eigenvalue weighted by Gasteiger charge is -2.08. The molecule has 0 fully saturated rings. The maximum absolute atomic E-state index is 13.4. The fourth-order valence-electron chi connectivity index (χ4n) is 1.14. The van der Waals surface area contributed by atoms with Gasteiger partial charge in [0.25, 0.3) is 0 Å². The largest absolute Gasteiger partial charge is 0.497 e. The van der Waals surface area contributed by atoms with Gasteiger partial charge in [-0.2, -0.15) is 0 Å². The molecule has 0 heterocycles. The van der Waals surface area contributed by atoms with E-state index in [-0.39, 0.29) is 11.6 Å². The maximum Gasteiger partial charge on any atom is 0.193 e. The second kappa shape index (κ2) is 5.95. The first-order valence-electron chi connectivity index (χ1n) is 5.08. The molecule has 0 aliphatic carbocycles. The molecule has 3 N–H and O–H groups in total. The highest BCUT2D eigenvalue weighted by molar-refractivity contribution is 5.92. The molecular formula is C11H16FN3O. The second-order valence-corrected chi connectivity index (χ2v) is 3.24. The fraction of sp³-hybridized carbons (Fsp3) is 0.364. The molecule has 0 amide bonds. The van der Waals surface area contributed by atoms with E-state index in [1.165, 1.54) is 19.2 Å². The Morgan fingerprint density at radius 2 is 2.31 bits per heavy atom. The summed E-state index contributed by atoms with van der Waals surface area (Å²) in [5, 5.41) is 2.69. The number of aliphatic imine (C=N–C) groups is 1. The number of methoxy groups -OCH3 is 1. The number of hydrogen-bond acceptors (Lipinski definition) is 2. The molecule has 1 aromatic rings. The van der Waals surface area contributed by atoms with Crippen LogP contribution < -0.4 is 15.8 Å². The van der Waals surface area contributed by atoms with Gasteiger partial charge < -0.3 is 15.8 Å². The van der Waals surface area contributed by atoms with Crippen molar-refractivity contribution < 1.29 is 9.13 Å². The molecule has 0 saturated heterocycles. The summed E-state index contributed by atoms with van der Waals surface area (Å²) in [5.41, 5.74) is 5.84. The summed E-state index contributed by atoms with van der Waals surface area (Å²) in [6.45, 7) is 2.60. The summed E-state index contributed by atoms with van der Waals surface area (Å²) < 4.78 is 18.3. The van der Waals surface area contributed by atoms with Gasteiger partial charge in [-0.3, -0.25) is 4.99 Å². The summed E-state index contributed by atoms with van der Waals surface area (Å²) in [7, 11) is 1.52. The molecule has 1 rings (SSSR count). The van der Waals surface area contributed by atoms with Gasteiger partial charge >= 0.3 is 0 Å². The predicted octanol–water partition coefficient (Wildman–Crippen LogP) is 1.97. The molecule has 0 aliphatic heterocycles. The van der Waals surface area contributed by atoms with Crippen LogP contribution in [-0.4, -0.2) is 19.6 Å². The SMILES string of the molecule is CCCN=C(N)Nc1cc(OC)ccc1F. The van der Waals surface area contributed by atoms with E-state index in [4.69, 9.17) is 10.5 Å². The first kappa shape index (κ1) is 12.3. The molecule has 1 aromatic carbocycles. The fourth-order valence-corrected chi connectivity index (χ4v) is 1.14. The van der Waals surface area contributed by atoms with E-state index < -0.39 is 5.82 Å². The molecule has 5 heteroatoms. The van der Waals surface area contributed by atoms with E-state index in [1.807, 2.05) is 6.92 Å². The van der Waals surface area contributed by atoms with Gasteiger partial charge in [-0.1, -0.05) is 6.92 Å². The van der Waals surface area contributed by atoms with Crippen LogP contribution in [0.4, 0.5) is 10.1 Å². The first-order chi connectivity index (χ1) is 7.67. The highest BCUT2D eigenvalue weighted by Gasteiger charge is 2.04. The van der Waals surface area contributed by atoms with Gasteiger partial charge in [-0.25, -0.2) is 4.39 Å². The molecule has 4 nitrogen and oxygen atoms in total. The van der Waals surface area contributed by atoms with Gasteiger partial charge in [0.15, 0.2) is 5.96 Å². The van der Waals surface area contributed by atoms with E-state index in [1.54, 1.807) is 6.07 Å². The summed E-state index contributed by atoms with van der Waals surface area (Å²) in [6.07, 6.45) is 0.892.